The molecule has 5 heteroatoms. The van der Waals surface area contributed by atoms with E-state index in [9.17, 15) is 8.78 Å². The lowest BCUT2D eigenvalue weighted by Crippen LogP contribution is -2.14. The molecule has 2 N–H and O–H groups in total. The first-order chi connectivity index (χ1) is 9.99. The van der Waals surface area contributed by atoms with E-state index < -0.39 is 17.7 Å². The van der Waals surface area contributed by atoms with E-state index in [4.69, 9.17) is 21.8 Å². The van der Waals surface area contributed by atoms with Crippen molar-refractivity contribution in [3.63, 3.8) is 0 Å². The highest BCUT2D eigenvalue weighted by Gasteiger charge is 2.22. The summed E-state index contributed by atoms with van der Waals surface area (Å²) in [6.07, 6.45) is 0. The molecule has 2 aromatic carbocycles. The molecule has 0 aliphatic carbocycles. The van der Waals surface area contributed by atoms with E-state index in [1.54, 1.807) is 18.2 Å². The minimum atomic E-state index is -0.956. The first-order valence-corrected chi connectivity index (χ1v) is 6.75. The van der Waals surface area contributed by atoms with Crippen LogP contribution in [0.5, 0.6) is 0 Å². The van der Waals surface area contributed by atoms with Crippen LogP contribution in [0.15, 0.2) is 40.8 Å². The second-order valence-electron chi connectivity index (χ2n) is 4.85. The third-order valence-electron chi connectivity index (χ3n) is 3.53. The van der Waals surface area contributed by atoms with Crippen molar-refractivity contribution in [1.82, 2.24) is 0 Å². The number of fused-ring (bicyclic) bond motifs is 1. The third-order valence-corrected chi connectivity index (χ3v) is 3.77. The molecule has 108 valence electrons. The fraction of sp³-hybridized carbons (Fsp3) is 0.125. The maximum Gasteiger partial charge on any atom is 0.164 e. The number of hydrogen-bond donors (Lipinski definition) is 1. The summed E-state index contributed by atoms with van der Waals surface area (Å²) in [5.74, 6) is -1.49. The van der Waals surface area contributed by atoms with E-state index >= 15 is 0 Å². The Morgan fingerprint density at radius 2 is 1.95 bits per heavy atom. The topological polar surface area (TPSA) is 39.2 Å². The number of furan rings is 1. The second-order valence-corrected chi connectivity index (χ2v) is 5.29. The lowest BCUT2D eigenvalue weighted by molar-refractivity contribution is 0.474. The molecule has 1 atom stereocenters. The van der Waals surface area contributed by atoms with Gasteiger partial charge < -0.3 is 10.2 Å². The van der Waals surface area contributed by atoms with Crippen LogP contribution in [0.25, 0.3) is 11.0 Å². The van der Waals surface area contributed by atoms with Gasteiger partial charge >= 0.3 is 0 Å². The number of hydrogen-bond acceptors (Lipinski definition) is 2. The zero-order valence-corrected chi connectivity index (χ0v) is 11.9. The number of rotatable bonds is 2. The Balaban J connectivity index is 2.15. The molecule has 0 saturated heterocycles. The van der Waals surface area contributed by atoms with Gasteiger partial charge in [0.05, 0.1) is 6.04 Å². The predicted octanol–water partition coefficient (Wildman–Crippen LogP) is 4.72. The van der Waals surface area contributed by atoms with Crippen molar-refractivity contribution >= 4 is 22.6 Å². The van der Waals surface area contributed by atoms with Crippen LogP contribution in [0.3, 0.4) is 0 Å². The Labute approximate surface area is 125 Å². The zero-order valence-electron chi connectivity index (χ0n) is 11.2. The van der Waals surface area contributed by atoms with Gasteiger partial charge in [-0.2, -0.15) is 0 Å². The molecule has 0 aliphatic heterocycles. The molecule has 0 saturated carbocycles. The van der Waals surface area contributed by atoms with Crippen LogP contribution in [0.4, 0.5) is 8.78 Å². The van der Waals surface area contributed by atoms with Gasteiger partial charge in [0.25, 0.3) is 0 Å². The summed E-state index contributed by atoms with van der Waals surface area (Å²) in [5.41, 5.74) is 7.49. The van der Waals surface area contributed by atoms with E-state index in [1.165, 1.54) is 12.1 Å². The number of halogens is 3. The molecule has 0 aliphatic rings. The molecule has 2 nitrogen and oxygen atoms in total. The van der Waals surface area contributed by atoms with Crippen LogP contribution in [0.2, 0.25) is 5.02 Å². The molecule has 1 heterocycles. The van der Waals surface area contributed by atoms with Crippen molar-refractivity contribution in [3.8, 4) is 0 Å². The first kappa shape index (κ1) is 14.0. The Kier molecular flexibility index (Phi) is 3.43. The van der Waals surface area contributed by atoms with Crippen LogP contribution < -0.4 is 5.73 Å². The summed E-state index contributed by atoms with van der Waals surface area (Å²) < 4.78 is 32.9. The minimum absolute atomic E-state index is 0.0586. The van der Waals surface area contributed by atoms with E-state index in [-0.39, 0.29) is 5.56 Å². The Bertz CT molecular complexity index is 829. The SMILES string of the molecule is Cc1c(C(N)c2cccc(F)c2F)oc2ccc(Cl)cc12. The van der Waals surface area contributed by atoms with Crippen molar-refractivity contribution in [2.45, 2.75) is 13.0 Å². The zero-order chi connectivity index (χ0) is 15.1. The van der Waals surface area contributed by atoms with Gasteiger partial charge in [0.2, 0.25) is 0 Å². The van der Waals surface area contributed by atoms with Crippen LogP contribution in [0.1, 0.15) is 22.9 Å². The molecule has 0 spiro atoms. The van der Waals surface area contributed by atoms with Gasteiger partial charge in [-0.15, -0.1) is 0 Å². The average molecular weight is 308 g/mol. The normalized spacial score (nSPS) is 12.8. The van der Waals surface area contributed by atoms with Crippen LogP contribution in [-0.2, 0) is 0 Å². The monoisotopic (exact) mass is 307 g/mol. The molecule has 0 bridgehead atoms. The molecule has 0 amide bonds. The largest absolute Gasteiger partial charge is 0.459 e. The van der Waals surface area contributed by atoms with Crippen molar-refractivity contribution in [2.24, 2.45) is 5.73 Å². The molecule has 1 unspecified atom stereocenters. The summed E-state index contributed by atoms with van der Waals surface area (Å²) in [6.45, 7) is 1.81. The highest BCUT2D eigenvalue weighted by atomic mass is 35.5. The van der Waals surface area contributed by atoms with Crippen molar-refractivity contribution in [2.75, 3.05) is 0 Å². The van der Waals surface area contributed by atoms with Gasteiger partial charge in [-0.05, 0) is 31.2 Å². The summed E-state index contributed by atoms with van der Waals surface area (Å²) in [5, 5.41) is 1.38. The third kappa shape index (κ3) is 2.30. The Morgan fingerprint density at radius 1 is 1.19 bits per heavy atom. The van der Waals surface area contributed by atoms with Gasteiger partial charge in [0.1, 0.15) is 11.3 Å². The van der Waals surface area contributed by atoms with E-state index in [2.05, 4.69) is 0 Å². The van der Waals surface area contributed by atoms with E-state index in [0.29, 0.717) is 16.4 Å². The molecule has 1 aromatic heterocycles. The maximum atomic E-state index is 13.9. The van der Waals surface area contributed by atoms with Gasteiger partial charge in [-0.3, -0.25) is 0 Å². The van der Waals surface area contributed by atoms with Gasteiger partial charge in [-0.25, -0.2) is 8.78 Å². The lowest BCUT2D eigenvalue weighted by Gasteiger charge is -2.11. The summed E-state index contributed by atoms with van der Waals surface area (Å²) >= 11 is 5.96. The standard InChI is InChI=1S/C16H12ClF2NO/c1-8-11-7-9(17)5-6-13(11)21-16(8)15(20)10-3-2-4-12(18)14(10)19/h2-7,15H,20H2,1H3. The average Bonchev–Trinajstić information content (AvgIpc) is 2.78. The summed E-state index contributed by atoms with van der Waals surface area (Å²) in [4.78, 5) is 0. The minimum Gasteiger partial charge on any atom is -0.459 e. The van der Waals surface area contributed by atoms with Gasteiger partial charge in [0.15, 0.2) is 11.6 Å². The first-order valence-electron chi connectivity index (χ1n) is 6.37. The molecule has 0 fully saturated rings. The molecular formula is C16H12ClF2NO. The van der Waals surface area contributed by atoms with Crippen LogP contribution >= 0.6 is 11.6 Å². The van der Waals surface area contributed by atoms with Crippen molar-refractivity contribution < 1.29 is 13.2 Å². The van der Waals surface area contributed by atoms with E-state index in [1.807, 2.05) is 6.92 Å². The summed E-state index contributed by atoms with van der Waals surface area (Å²) in [6, 6.07) is 8.22. The highest BCUT2D eigenvalue weighted by Crippen LogP contribution is 2.33. The van der Waals surface area contributed by atoms with Gasteiger partial charge in [0, 0.05) is 21.5 Å². The molecule has 3 rings (SSSR count). The number of benzene rings is 2. The highest BCUT2D eigenvalue weighted by molar-refractivity contribution is 6.31. The molecular weight excluding hydrogens is 296 g/mol. The van der Waals surface area contributed by atoms with E-state index in [0.717, 1.165) is 17.0 Å². The second kappa shape index (κ2) is 5.13. The maximum absolute atomic E-state index is 13.9. The quantitative estimate of drug-likeness (QED) is 0.744. The molecule has 3 aromatic rings. The molecule has 21 heavy (non-hydrogen) atoms. The van der Waals surface area contributed by atoms with Crippen molar-refractivity contribution in [3.05, 3.63) is 69.9 Å². The smallest absolute Gasteiger partial charge is 0.164 e. The van der Waals surface area contributed by atoms with Crippen molar-refractivity contribution in [1.29, 1.82) is 0 Å². The fourth-order valence-electron chi connectivity index (χ4n) is 2.41. The lowest BCUT2D eigenvalue weighted by atomic mass is 10.0. The van der Waals surface area contributed by atoms with Crippen LogP contribution in [-0.4, -0.2) is 0 Å². The van der Waals surface area contributed by atoms with Gasteiger partial charge in [-0.1, -0.05) is 23.7 Å². The van der Waals surface area contributed by atoms with Crippen LogP contribution in [0, 0.1) is 18.6 Å². The summed E-state index contributed by atoms with van der Waals surface area (Å²) in [7, 11) is 0. The Hall–Kier alpha value is -1.91. The number of nitrogens with two attached hydrogens (primary N) is 1. The number of aryl methyl sites for hydroxylation is 1. The predicted molar refractivity (Wildman–Crippen MR) is 78.3 cm³/mol. The molecule has 0 radical (unpaired) electrons. The Morgan fingerprint density at radius 3 is 2.71 bits per heavy atom. The fourth-order valence-corrected chi connectivity index (χ4v) is 2.58.